The predicted molar refractivity (Wildman–Crippen MR) is 135 cm³/mol. The quantitative estimate of drug-likeness (QED) is 0.0983. The standard InChI is InChI=1S/C24H48O6P2/c1-6-11-17-21-27-31(25,9-4)28-23-19-15-13-14-16-20-24(8-3)30-32(26,10-5)29-22-18-12-7-2/h9-10,24H,4-8,11-23H2,1-3H3. The molecule has 0 heterocycles. The molecule has 8 heteroatoms. The fourth-order valence-corrected chi connectivity index (χ4v) is 5.45. The number of hydrogen-bond acceptors (Lipinski definition) is 6. The number of hydrogen-bond donors (Lipinski definition) is 0. The molecule has 0 aliphatic rings. The summed E-state index contributed by atoms with van der Waals surface area (Å²) >= 11 is 0. The first-order chi connectivity index (χ1) is 15.4. The van der Waals surface area contributed by atoms with E-state index in [1.54, 1.807) is 0 Å². The lowest BCUT2D eigenvalue weighted by atomic mass is 10.1. The maximum absolute atomic E-state index is 12.7. The maximum atomic E-state index is 12.7. The van der Waals surface area contributed by atoms with Gasteiger partial charge in [0.2, 0.25) is 0 Å². The highest BCUT2D eigenvalue weighted by atomic mass is 31.2. The third-order valence-corrected chi connectivity index (χ3v) is 8.29. The van der Waals surface area contributed by atoms with Crippen LogP contribution >= 0.6 is 15.2 Å². The molecule has 0 aromatic heterocycles. The zero-order valence-electron chi connectivity index (χ0n) is 20.8. The molecule has 0 saturated heterocycles. The summed E-state index contributed by atoms with van der Waals surface area (Å²) in [5.41, 5.74) is 0. The largest absolute Gasteiger partial charge is 0.353 e. The van der Waals surface area contributed by atoms with Gasteiger partial charge in [0.15, 0.2) is 0 Å². The van der Waals surface area contributed by atoms with Gasteiger partial charge in [-0.1, -0.05) is 85.3 Å². The molecule has 0 saturated carbocycles. The molecule has 0 amide bonds. The van der Waals surface area contributed by atoms with Gasteiger partial charge < -0.3 is 18.1 Å². The molecule has 3 unspecified atom stereocenters. The highest BCUT2D eigenvalue weighted by Gasteiger charge is 2.24. The van der Waals surface area contributed by atoms with Gasteiger partial charge in [-0.25, -0.2) is 0 Å². The molecule has 0 fully saturated rings. The van der Waals surface area contributed by atoms with Crippen molar-refractivity contribution in [3.63, 3.8) is 0 Å². The Kier molecular flexibility index (Phi) is 20.0. The Morgan fingerprint density at radius 3 is 1.56 bits per heavy atom. The first kappa shape index (κ1) is 31.8. The zero-order chi connectivity index (χ0) is 24.1. The fourth-order valence-electron chi connectivity index (χ4n) is 3.09. The van der Waals surface area contributed by atoms with E-state index in [0.29, 0.717) is 19.8 Å². The normalized spacial score (nSPS) is 16.2. The first-order valence-electron chi connectivity index (χ1n) is 12.5. The van der Waals surface area contributed by atoms with Crippen LogP contribution in [0.1, 0.15) is 104 Å². The molecule has 0 bridgehead atoms. The second-order valence-electron chi connectivity index (χ2n) is 8.05. The lowest BCUT2D eigenvalue weighted by Crippen LogP contribution is -2.11. The summed E-state index contributed by atoms with van der Waals surface area (Å²) in [5.74, 6) is 2.64. The highest BCUT2D eigenvalue weighted by Crippen LogP contribution is 2.51. The highest BCUT2D eigenvalue weighted by molar-refractivity contribution is 7.57. The summed E-state index contributed by atoms with van der Waals surface area (Å²) in [6, 6.07) is 0. The predicted octanol–water partition coefficient (Wildman–Crippen LogP) is 9.23. The van der Waals surface area contributed by atoms with Crippen molar-refractivity contribution in [2.45, 2.75) is 110 Å². The fraction of sp³-hybridized carbons (Fsp3) is 0.833. The summed E-state index contributed by atoms with van der Waals surface area (Å²) in [4.78, 5) is 0. The van der Waals surface area contributed by atoms with Gasteiger partial charge in [-0.15, -0.1) is 0 Å². The van der Waals surface area contributed by atoms with Gasteiger partial charge in [0.05, 0.1) is 25.9 Å². The second kappa shape index (κ2) is 20.2. The Balaban J connectivity index is 4.00. The van der Waals surface area contributed by atoms with Crippen molar-refractivity contribution in [3.8, 4) is 0 Å². The van der Waals surface area contributed by atoms with Crippen LogP contribution in [-0.2, 0) is 27.2 Å². The molecular weight excluding hydrogens is 446 g/mol. The van der Waals surface area contributed by atoms with Crippen LogP contribution in [-0.4, -0.2) is 25.9 Å². The van der Waals surface area contributed by atoms with E-state index in [9.17, 15) is 9.13 Å². The smallest absolute Gasteiger partial charge is 0.306 e. The molecule has 0 aliphatic carbocycles. The lowest BCUT2D eigenvalue weighted by Gasteiger charge is -2.22. The van der Waals surface area contributed by atoms with Gasteiger partial charge in [0.25, 0.3) is 0 Å². The Labute approximate surface area is 197 Å². The molecule has 0 spiro atoms. The van der Waals surface area contributed by atoms with Crippen molar-refractivity contribution in [2.75, 3.05) is 19.8 Å². The van der Waals surface area contributed by atoms with Crippen LogP contribution in [0.5, 0.6) is 0 Å². The minimum absolute atomic E-state index is 0.0864. The zero-order valence-corrected chi connectivity index (χ0v) is 22.6. The topological polar surface area (TPSA) is 71.1 Å². The van der Waals surface area contributed by atoms with Crippen molar-refractivity contribution in [3.05, 3.63) is 24.8 Å². The van der Waals surface area contributed by atoms with Crippen molar-refractivity contribution in [1.29, 1.82) is 0 Å². The first-order valence-corrected chi connectivity index (χ1v) is 15.7. The van der Waals surface area contributed by atoms with Gasteiger partial charge in [-0.3, -0.25) is 9.13 Å². The van der Waals surface area contributed by atoms with Crippen LogP contribution in [0.2, 0.25) is 0 Å². The third kappa shape index (κ3) is 16.4. The average molecular weight is 495 g/mol. The second-order valence-corrected chi connectivity index (χ2v) is 11.9. The van der Waals surface area contributed by atoms with Crippen LogP contribution in [0, 0.1) is 0 Å². The van der Waals surface area contributed by atoms with E-state index < -0.39 is 15.2 Å². The van der Waals surface area contributed by atoms with E-state index in [1.807, 2.05) is 6.92 Å². The van der Waals surface area contributed by atoms with Gasteiger partial charge >= 0.3 is 15.2 Å². The molecule has 3 atom stereocenters. The summed E-state index contributed by atoms with van der Waals surface area (Å²) in [6.45, 7) is 14.8. The molecule has 32 heavy (non-hydrogen) atoms. The Hall–Kier alpha value is -0.220. The van der Waals surface area contributed by atoms with Gasteiger partial charge in [-0.05, 0) is 32.1 Å². The van der Waals surface area contributed by atoms with Gasteiger partial charge in [-0.2, -0.15) is 0 Å². The number of unbranched alkanes of at least 4 members (excludes halogenated alkanes) is 8. The SMILES string of the molecule is C=CP(=O)(OCCCCC)OCCCCCCCC(CC)OP(=O)(C=C)OCCCCC. The van der Waals surface area contributed by atoms with E-state index in [4.69, 9.17) is 18.1 Å². The minimum Gasteiger partial charge on any atom is -0.306 e. The Morgan fingerprint density at radius 2 is 1.09 bits per heavy atom. The third-order valence-electron chi connectivity index (χ3n) is 5.18. The monoisotopic (exact) mass is 494 g/mol. The van der Waals surface area contributed by atoms with Crippen molar-refractivity contribution in [2.24, 2.45) is 0 Å². The van der Waals surface area contributed by atoms with Crippen molar-refractivity contribution >= 4 is 15.2 Å². The minimum atomic E-state index is -3.21. The maximum Gasteiger partial charge on any atom is 0.353 e. The van der Waals surface area contributed by atoms with Crippen LogP contribution in [0.15, 0.2) is 24.8 Å². The molecular formula is C24H48O6P2. The molecule has 0 N–H and O–H groups in total. The lowest BCUT2D eigenvalue weighted by molar-refractivity contribution is 0.139. The molecule has 0 rings (SSSR count). The molecule has 0 aromatic carbocycles. The average Bonchev–Trinajstić information content (AvgIpc) is 2.80. The number of rotatable bonds is 24. The van der Waals surface area contributed by atoms with E-state index in [0.717, 1.165) is 83.5 Å². The Bertz CT molecular complexity index is 567. The van der Waals surface area contributed by atoms with Crippen LogP contribution in [0.4, 0.5) is 0 Å². The summed E-state index contributed by atoms with van der Waals surface area (Å²) in [6.07, 6.45) is 12.5. The van der Waals surface area contributed by atoms with Crippen molar-refractivity contribution < 1.29 is 27.2 Å². The van der Waals surface area contributed by atoms with Gasteiger partial charge in [0, 0.05) is 11.6 Å². The Morgan fingerprint density at radius 1 is 0.656 bits per heavy atom. The van der Waals surface area contributed by atoms with Gasteiger partial charge in [0.1, 0.15) is 0 Å². The summed E-state index contributed by atoms with van der Waals surface area (Å²) in [5, 5.41) is 0. The molecule has 190 valence electrons. The molecule has 0 aromatic rings. The van der Waals surface area contributed by atoms with E-state index in [2.05, 4.69) is 27.0 Å². The van der Waals surface area contributed by atoms with E-state index in [-0.39, 0.29) is 6.10 Å². The van der Waals surface area contributed by atoms with Crippen LogP contribution in [0.25, 0.3) is 0 Å². The van der Waals surface area contributed by atoms with E-state index in [1.165, 1.54) is 11.6 Å². The summed E-state index contributed by atoms with van der Waals surface area (Å²) < 4.78 is 47.3. The molecule has 6 nitrogen and oxygen atoms in total. The van der Waals surface area contributed by atoms with Crippen molar-refractivity contribution in [1.82, 2.24) is 0 Å². The van der Waals surface area contributed by atoms with Crippen LogP contribution < -0.4 is 0 Å². The summed E-state index contributed by atoms with van der Waals surface area (Å²) in [7, 11) is -6.37. The molecule has 0 aliphatic heterocycles. The van der Waals surface area contributed by atoms with E-state index >= 15 is 0 Å². The molecule has 0 radical (unpaired) electrons. The van der Waals surface area contributed by atoms with Crippen LogP contribution in [0.3, 0.4) is 0 Å².